The molecule has 1 saturated heterocycles. The van der Waals surface area contributed by atoms with Crippen LogP contribution in [0.25, 0.3) is 0 Å². The highest BCUT2D eigenvalue weighted by Gasteiger charge is 2.58. The van der Waals surface area contributed by atoms with Crippen LogP contribution >= 0.6 is 0 Å². The second kappa shape index (κ2) is 11.8. The van der Waals surface area contributed by atoms with Gasteiger partial charge in [-0.05, 0) is 135 Å². The third kappa shape index (κ3) is 5.16. The van der Waals surface area contributed by atoms with Crippen LogP contribution in [-0.4, -0.2) is 18.4 Å². The normalized spacial score (nSPS) is 48.0. The number of hydrogen-bond acceptors (Lipinski definition) is 3. The molecule has 3 nitrogen and oxygen atoms in total. The van der Waals surface area contributed by atoms with Crippen molar-refractivity contribution in [2.75, 3.05) is 0 Å². The topological polar surface area (TPSA) is 35.5 Å². The Balaban J connectivity index is 1.10. The van der Waals surface area contributed by atoms with Gasteiger partial charge in [0.2, 0.25) is 6.29 Å². The molecule has 1 heterocycles. The van der Waals surface area contributed by atoms with Crippen LogP contribution in [0.3, 0.4) is 0 Å². The maximum absolute atomic E-state index is 12.9. The van der Waals surface area contributed by atoms with Crippen LogP contribution in [0.1, 0.15) is 139 Å². The van der Waals surface area contributed by atoms with E-state index in [2.05, 4.69) is 61.5 Å². The van der Waals surface area contributed by atoms with Gasteiger partial charge in [0.1, 0.15) is 0 Å². The summed E-state index contributed by atoms with van der Waals surface area (Å²) in [5, 5.41) is 0. The first-order chi connectivity index (χ1) is 20.0. The Morgan fingerprint density at radius 3 is 2.43 bits per heavy atom. The average molecular weight is 581 g/mol. The number of fused-ring (bicyclic) bond motifs is 6. The van der Waals surface area contributed by atoms with Gasteiger partial charge in [0.05, 0.1) is 12.0 Å². The quantitative estimate of drug-likeness (QED) is 0.212. The second-order valence-corrected chi connectivity index (χ2v) is 17.4. The molecule has 0 radical (unpaired) electrons. The fraction of sp³-hybridized carbons (Fsp3) is 0.923. The van der Waals surface area contributed by atoms with E-state index >= 15 is 0 Å². The Kier molecular flexibility index (Phi) is 8.78. The van der Waals surface area contributed by atoms with Gasteiger partial charge in [0.25, 0.3) is 0 Å². The zero-order chi connectivity index (χ0) is 30.0. The Hall–Kier alpha value is -0.830. The largest absolute Gasteiger partial charge is 0.435 e. The lowest BCUT2D eigenvalue weighted by atomic mass is 9.47. The molecular weight excluding hydrogens is 516 g/mol. The van der Waals surface area contributed by atoms with E-state index in [-0.39, 0.29) is 24.3 Å². The molecule has 5 aliphatic carbocycles. The molecule has 1 aliphatic heterocycles. The van der Waals surface area contributed by atoms with Gasteiger partial charge in [0, 0.05) is 5.92 Å². The summed E-state index contributed by atoms with van der Waals surface area (Å²) in [6, 6.07) is 0. The number of hydrogen-bond donors (Lipinski definition) is 0. The number of cyclic esters (lactones) is 1. The van der Waals surface area contributed by atoms with Gasteiger partial charge in [-0.3, -0.25) is 4.79 Å². The van der Waals surface area contributed by atoms with Crippen LogP contribution < -0.4 is 0 Å². The lowest BCUT2D eigenvalue weighted by molar-refractivity contribution is -0.240. The maximum Gasteiger partial charge on any atom is 0.311 e. The Morgan fingerprint density at radius 2 is 1.69 bits per heavy atom. The summed E-state index contributed by atoms with van der Waals surface area (Å²) in [5.41, 5.74) is 2.78. The number of allylic oxidation sites excluding steroid dienone is 2. The second-order valence-electron chi connectivity index (χ2n) is 17.4. The highest BCUT2D eigenvalue weighted by atomic mass is 16.7. The first-order valence-electron chi connectivity index (χ1n) is 18.5. The number of esters is 1. The minimum atomic E-state index is -0.339. The maximum atomic E-state index is 12.9. The summed E-state index contributed by atoms with van der Waals surface area (Å²) < 4.78 is 12.7. The molecule has 0 N–H and O–H groups in total. The molecule has 3 unspecified atom stereocenters. The molecule has 4 saturated carbocycles. The van der Waals surface area contributed by atoms with Crippen LogP contribution in [0.15, 0.2) is 11.6 Å². The molecule has 238 valence electrons. The Bertz CT molecular complexity index is 1020. The van der Waals surface area contributed by atoms with E-state index in [1.165, 1.54) is 57.8 Å². The molecule has 0 amide bonds. The standard InChI is InChI=1S/C39H64O3/c1-9-27(23(2)3)12-10-24(4)32-16-17-33-31-15-13-28-22-29(18-20-38(28,7)34(31)19-21-39(32,33)8)41-37-26(6)30-14-11-25(5)35(30)36(40)42-37/h15,23-30,32-35,37H,9-14,16-22H2,1-8H3/t24-,25+,26+,27?,28?,29+,30?,32-,33+,34+,35-,37-,38+,39-/m1/s1. The molecule has 0 spiro atoms. The van der Waals surface area contributed by atoms with E-state index in [9.17, 15) is 4.79 Å². The van der Waals surface area contributed by atoms with Crippen LogP contribution in [0.5, 0.6) is 0 Å². The highest BCUT2D eigenvalue weighted by molar-refractivity contribution is 5.74. The fourth-order valence-corrected chi connectivity index (χ4v) is 12.3. The van der Waals surface area contributed by atoms with Crippen molar-refractivity contribution in [3.8, 4) is 0 Å². The van der Waals surface area contributed by atoms with Crippen LogP contribution in [0.2, 0.25) is 0 Å². The van der Waals surface area contributed by atoms with Crippen molar-refractivity contribution in [1.29, 1.82) is 0 Å². The van der Waals surface area contributed by atoms with Crippen molar-refractivity contribution < 1.29 is 14.3 Å². The van der Waals surface area contributed by atoms with Crippen molar-refractivity contribution >= 4 is 5.97 Å². The Morgan fingerprint density at radius 1 is 0.952 bits per heavy atom. The highest BCUT2D eigenvalue weighted by Crippen LogP contribution is 2.67. The van der Waals surface area contributed by atoms with E-state index in [0.29, 0.717) is 34.5 Å². The SMILES string of the molecule is CCC(CC[C@@H](C)[C@H]1CC[C@H]2C3=CCC4C[C@@H](O[C@@H]5OC(=O)[C@H]6C(CC[C@@H]6C)[C@@H]5C)CC[C@]4(C)[C@H]3CC[C@]12C)C(C)C. The lowest BCUT2D eigenvalue weighted by Crippen LogP contribution is -2.51. The van der Waals surface area contributed by atoms with E-state index in [0.717, 1.165) is 61.2 Å². The number of carbonyl (C=O) groups is 1. The van der Waals surface area contributed by atoms with Crippen molar-refractivity contribution in [2.45, 2.75) is 151 Å². The smallest absolute Gasteiger partial charge is 0.311 e. The van der Waals surface area contributed by atoms with Crippen LogP contribution in [0, 0.1) is 75.9 Å². The molecular formula is C39H64O3. The Labute approximate surface area is 258 Å². The van der Waals surface area contributed by atoms with Crippen molar-refractivity contribution in [3.05, 3.63) is 11.6 Å². The molecule has 42 heavy (non-hydrogen) atoms. The third-order valence-corrected chi connectivity index (χ3v) is 15.2. The zero-order valence-corrected chi connectivity index (χ0v) is 28.5. The van der Waals surface area contributed by atoms with E-state index in [1.807, 2.05) is 5.57 Å². The minimum absolute atomic E-state index is 0.0125. The molecule has 14 atom stereocenters. The summed E-state index contributed by atoms with van der Waals surface area (Å²) in [5.74, 6) is 7.05. The van der Waals surface area contributed by atoms with E-state index in [1.54, 1.807) is 0 Å². The van der Waals surface area contributed by atoms with Gasteiger partial charge in [-0.1, -0.05) is 79.9 Å². The summed E-state index contributed by atoms with van der Waals surface area (Å²) in [6.45, 7) is 19.7. The summed E-state index contributed by atoms with van der Waals surface area (Å²) in [7, 11) is 0. The first-order valence-corrected chi connectivity index (χ1v) is 18.5. The lowest BCUT2D eigenvalue weighted by Gasteiger charge is -2.58. The first kappa shape index (κ1) is 31.2. The van der Waals surface area contributed by atoms with Crippen molar-refractivity contribution in [3.63, 3.8) is 0 Å². The predicted octanol–water partition coefficient (Wildman–Crippen LogP) is 10.2. The molecule has 6 rings (SSSR count). The molecule has 6 aliphatic rings. The number of rotatable bonds is 8. The molecule has 0 aromatic heterocycles. The third-order valence-electron chi connectivity index (χ3n) is 15.2. The average Bonchev–Trinajstić information content (AvgIpc) is 3.52. The van der Waals surface area contributed by atoms with Crippen LogP contribution in [-0.2, 0) is 14.3 Å². The molecule has 0 aromatic carbocycles. The minimum Gasteiger partial charge on any atom is -0.435 e. The molecule has 5 fully saturated rings. The number of carbonyl (C=O) groups excluding carboxylic acids is 1. The molecule has 0 aromatic rings. The van der Waals surface area contributed by atoms with Gasteiger partial charge < -0.3 is 9.47 Å². The molecule has 0 bridgehead atoms. The van der Waals surface area contributed by atoms with E-state index in [4.69, 9.17) is 9.47 Å². The van der Waals surface area contributed by atoms with Crippen molar-refractivity contribution in [2.24, 2.45) is 75.9 Å². The van der Waals surface area contributed by atoms with E-state index < -0.39 is 0 Å². The summed E-state index contributed by atoms with van der Waals surface area (Å²) in [4.78, 5) is 12.9. The predicted molar refractivity (Wildman–Crippen MR) is 172 cm³/mol. The van der Waals surface area contributed by atoms with Gasteiger partial charge in [-0.2, -0.15) is 0 Å². The summed E-state index contributed by atoms with van der Waals surface area (Å²) in [6.07, 6.45) is 19.5. The van der Waals surface area contributed by atoms with Gasteiger partial charge in [-0.25, -0.2) is 0 Å². The van der Waals surface area contributed by atoms with Crippen LogP contribution in [0.4, 0.5) is 0 Å². The number of ether oxygens (including phenoxy) is 2. The van der Waals surface area contributed by atoms with Gasteiger partial charge in [-0.15, -0.1) is 0 Å². The molecule has 3 heteroatoms. The van der Waals surface area contributed by atoms with Gasteiger partial charge >= 0.3 is 5.97 Å². The zero-order valence-electron chi connectivity index (χ0n) is 28.5. The van der Waals surface area contributed by atoms with Gasteiger partial charge in [0.15, 0.2) is 0 Å². The fourth-order valence-electron chi connectivity index (χ4n) is 12.3. The van der Waals surface area contributed by atoms with Crippen molar-refractivity contribution in [1.82, 2.24) is 0 Å². The monoisotopic (exact) mass is 580 g/mol. The summed E-state index contributed by atoms with van der Waals surface area (Å²) >= 11 is 0.